The minimum atomic E-state index is -1.96. The molecule has 148 valence electrons. The Morgan fingerprint density at radius 1 is 1.19 bits per heavy atom. The van der Waals surface area contributed by atoms with Gasteiger partial charge in [0.2, 0.25) is 0 Å². The molecule has 0 amide bonds. The van der Waals surface area contributed by atoms with Crippen LogP contribution in [0.15, 0.2) is 11.1 Å². The average molecular weight is 391 g/mol. The molecule has 0 unspecified atom stereocenters. The van der Waals surface area contributed by atoms with Crippen molar-refractivity contribution in [3.05, 3.63) is 11.1 Å². The number of fused-ring (bicyclic) bond motifs is 5. The average Bonchev–Trinajstić information content (AvgIpc) is 3.14. The normalized spacial score (nSPS) is 38.8. The van der Waals surface area contributed by atoms with Crippen molar-refractivity contribution in [3.8, 4) is 0 Å². The summed E-state index contributed by atoms with van der Waals surface area (Å²) in [5.41, 5.74) is 1.02. The van der Waals surface area contributed by atoms with Crippen LogP contribution in [0.5, 0.6) is 0 Å². The highest BCUT2D eigenvalue weighted by molar-refractivity contribution is 6.74. The number of cyclic esters (lactones) is 2. The van der Waals surface area contributed by atoms with E-state index in [1.165, 1.54) is 0 Å². The maximum atomic E-state index is 12.7. The van der Waals surface area contributed by atoms with Crippen molar-refractivity contribution in [2.45, 2.75) is 77.6 Å². The lowest BCUT2D eigenvalue weighted by Crippen LogP contribution is -2.46. The standard InChI is InChI=1S/C21H30O5Si/c1-20(2,3)27(5,6)26-11-9-12-13(10-11)17-18(23)25-19(24)21(17,4)14-7-8-15(22)16(12)14/h11,13-14,17H,7-10H2,1-6H3/t11-,13+,14-,17-,21-/m0/s1. The molecule has 0 aromatic carbocycles. The number of carbonyl (C=O) groups excluding carboxylic acids is 3. The van der Waals surface area contributed by atoms with Crippen molar-refractivity contribution in [3.63, 3.8) is 0 Å². The Balaban J connectivity index is 1.73. The Morgan fingerprint density at radius 3 is 2.48 bits per heavy atom. The lowest BCUT2D eigenvalue weighted by Gasteiger charge is -2.40. The Hall–Kier alpha value is -1.27. The molecule has 0 bridgehead atoms. The highest BCUT2D eigenvalue weighted by Crippen LogP contribution is 2.62. The number of rotatable bonds is 2. The summed E-state index contributed by atoms with van der Waals surface area (Å²) in [5.74, 6) is -1.44. The molecule has 1 heterocycles. The largest absolute Gasteiger partial charge is 0.414 e. The summed E-state index contributed by atoms with van der Waals surface area (Å²) in [5, 5.41) is 0.0983. The highest BCUT2D eigenvalue weighted by atomic mass is 28.4. The molecule has 0 spiro atoms. The van der Waals surface area contributed by atoms with E-state index in [0.29, 0.717) is 25.7 Å². The van der Waals surface area contributed by atoms with Crippen LogP contribution in [0.1, 0.15) is 53.4 Å². The SMILES string of the molecule is CC(C)(C)[Si](C)(C)O[C@H]1CC2=C3C(=O)CC[C@@H]3[C@]3(C)C(=O)OC(=O)[C@@H]3[C@@H]2C1. The first-order chi connectivity index (χ1) is 12.4. The van der Waals surface area contributed by atoms with E-state index in [4.69, 9.17) is 9.16 Å². The maximum absolute atomic E-state index is 12.7. The van der Waals surface area contributed by atoms with Gasteiger partial charge in [0.1, 0.15) is 0 Å². The monoisotopic (exact) mass is 390 g/mol. The maximum Gasteiger partial charge on any atom is 0.320 e. The summed E-state index contributed by atoms with van der Waals surface area (Å²) in [6.07, 6.45) is 2.54. The summed E-state index contributed by atoms with van der Waals surface area (Å²) < 4.78 is 11.7. The molecular formula is C21H30O5Si. The van der Waals surface area contributed by atoms with Crippen LogP contribution < -0.4 is 0 Å². The molecule has 4 rings (SSSR count). The molecule has 3 aliphatic carbocycles. The van der Waals surface area contributed by atoms with E-state index in [1.807, 2.05) is 6.92 Å². The fraction of sp³-hybridized carbons (Fsp3) is 0.762. The number of hydrogen-bond donors (Lipinski definition) is 0. The van der Waals surface area contributed by atoms with Crippen molar-refractivity contribution in [2.24, 2.45) is 23.2 Å². The molecule has 27 heavy (non-hydrogen) atoms. The summed E-state index contributed by atoms with van der Waals surface area (Å²) in [6.45, 7) is 12.9. The van der Waals surface area contributed by atoms with Crippen LogP contribution in [0.2, 0.25) is 18.1 Å². The van der Waals surface area contributed by atoms with Gasteiger partial charge in [-0.05, 0) is 55.8 Å². The van der Waals surface area contributed by atoms with E-state index in [2.05, 4.69) is 33.9 Å². The van der Waals surface area contributed by atoms with Crippen molar-refractivity contribution < 1.29 is 23.5 Å². The zero-order valence-electron chi connectivity index (χ0n) is 17.2. The first kappa shape index (κ1) is 19.1. The molecular weight excluding hydrogens is 360 g/mol. The van der Waals surface area contributed by atoms with Crippen LogP contribution in [0, 0.1) is 23.2 Å². The number of allylic oxidation sites excluding steroid dienone is 1. The third-order valence-corrected chi connectivity index (χ3v) is 12.5. The van der Waals surface area contributed by atoms with Crippen LogP contribution in [0.4, 0.5) is 0 Å². The summed E-state index contributed by atoms with van der Waals surface area (Å²) >= 11 is 0. The fourth-order valence-electron chi connectivity index (χ4n) is 5.56. The third-order valence-electron chi connectivity index (χ3n) is 7.99. The molecule has 5 nitrogen and oxygen atoms in total. The van der Waals surface area contributed by atoms with Crippen LogP contribution in [-0.4, -0.2) is 32.1 Å². The molecule has 0 aromatic rings. The number of Topliss-reactive ketones (excluding diaryl/α,β-unsaturated/α-hetero) is 1. The molecule has 5 atom stereocenters. The zero-order chi connectivity index (χ0) is 19.9. The van der Waals surface area contributed by atoms with Gasteiger partial charge in [-0.3, -0.25) is 14.4 Å². The second-order valence-electron chi connectivity index (χ2n) is 10.5. The first-order valence-corrected chi connectivity index (χ1v) is 13.0. The van der Waals surface area contributed by atoms with Crippen molar-refractivity contribution in [1.82, 2.24) is 0 Å². The number of ether oxygens (including phenoxy) is 1. The van der Waals surface area contributed by atoms with Gasteiger partial charge in [0, 0.05) is 18.4 Å². The second-order valence-corrected chi connectivity index (χ2v) is 15.2. The third kappa shape index (κ3) is 2.48. The topological polar surface area (TPSA) is 69.7 Å². The van der Waals surface area contributed by atoms with Crippen molar-refractivity contribution in [1.29, 1.82) is 0 Å². The summed E-state index contributed by atoms with van der Waals surface area (Å²) in [4.78, 5) is 37.9. The molecule has 2 saturated carbocycles. The Morgan fingerprint density at radius 2 is 1.85 bits per heavy atom. The lowest BCUT2D eigenvalue weighted by atomic mass is 9.57. The van der Waals surface area contributed by atoms with Gasteiger partial charge in [-0.2, -0.15) is 0 Å². The molecule has 0 aromatic heterocycles. The Bertz CT molecular complexity index is 774. The summed E-state index contributed by atoms with van der Waals surface area (Å²) in [6, 6.07) is 0. The second kappa shape index (κ2) is 5.63. The Labute approximate surface area is 162 Å². The van der Waals surface area contributed by atoms with Gasteiger partial charge in [-0.1, -0.05) is 26.3 Å². The van der Waals surface area contributed by atoms with E-state index in [-0.39, 0.29) is 28.8 Å². The molecule has 4 aliphatic rings. The van der Waals surface area contributed by atoms with Crippen LogP contribution in [0.25, 0.3) is 0 Å². The molecule has 0 radical (unpaired) electrons. The molecule has 0 N–H and O–H groups in total. The van der Waals surface area contributed by atoms with Crippen LogP contribution >= 0.6 is 0 Å². The van der Waals surface area contributed by atoms with Gasteiger partial charge in [0.25, 0.3) is 0 Å². The van der Waals surface area contributed by atoms with Crippen molar-refractivity contribution in [2.75, 3.05) is 0 Å². The predicted octanol–water partition coefficient (Wildman–Crippen LogP) is 3.78. The molecule has 6 heteroatoms. The minimum absolute atomic E-state index is 0.0123. The quantitative estimate of drug-likeness (QED) is 0.408. The van der Waals surface area contributed by atoms with Crippen LogP contribution in [0.3, 0.4) is 0 Å². The van der Waals surface area contributed by atoms with E-state index in [0.717, 1.165) is 11.1 Å². The van der Waals surface area contributed by atoms with E-state index >= 15 is 0 Å². The van der Waals surface area contributed by atoms with E-state index in [1.54, 1.807) is 0 Å². The highest BCUT2D eigenvalue weighted by Gasteiger charge is 2.67. The first-order valence-electron chi connectivity index (χ1n) is 10.1. The number of carbonyl (C=O) groups is 3. The molecule has 1 aliphatic heterocycles. The lowest BCUT2D eigenvalue weighted by molar-refractivity contribution is -0.155. The molecule has 3 fully saturated rings. The van der Waals surface area contributed by atoms with Gasteiger partial charge in [0.05, 0.1) is 11.3 Å². The van der Waals surface area contributed by atoms with Crippen molar-refractivity contribution >= 4 is 26.0 Å². The van der Waals surface area contributed by atoms with Gasteiger partial charge in [-0.25, -0.2) is 0 Å². The van der Waals surface area contributed by atoms with Gasteiger partial charge >= 0.3 is 11.9 Å². The summed E-state index contributed by atoms with van der Waals surface area (Å²) in [7, 11) is -1.96. The minimum Gasteiger partial charge on any atom is -0.414 e. The zero-order valence-corrected chi connectivity index (χ0v) is 18.2. The smallest absolute Gasteiger partial charge is 0.320 e. The fourth-order valence-corrected chi connectivity index (χ4v) is 6.93. The Kier molecular flexibility index (Phi) is 3.97. The van der Waals surface area contributed by atoms with Crippen LogP contribution in [-0.2, 0) is 23.5 Å². The number of hydrogen-bond acceptors (Lipinski definition) is 5. The number of ketones is 1. The predicted molar refractivity (Wildman–Crippen MR) is 102 cm³/mol. The molecule has 1 saturated heterocycles. The van der Waals surface area contributed by atoms with Gasteiger partial charge in [-0.15, -0.1) is 0 Å². The number of esters is 2. The van der Waals surface area contributed by atoms with Gasteiger partial charge < -0.3 is 9.16 Å². The van der Waals surface area contributed by atoms with E-state index in [9.17, 15) is 14.4 Å². The van der Waals surface area contributed by atoms with E-state index < -0.39 is 31.6 Å². The van der Waals surface area contributed by atoms with Gasteiger partial charge in [0.15, 0.2) is 14.1 Å².